The molecular formula is C15H13ClN4O2. The maximum absolute atomic E-state index is 12.2. The molecule has 0 radical (unpaired) electrons. The van der Waals surface area contributed by atoms with Crippen LogP contribution in [0, 0.1) is 0 Å². The zero-order chi connectivity index (χ0) is 15.5. The Kier molecular flexibility index (Phi) is 3.93. The van der Waals surface area contributed by atoms with Gasteiger partial charge < -0.3 is 10.6 Å². The Balaban J connectivity index is 1.78. The quantitative estimate of drug-likeness (QED) is 0.913. The summed E-state index contributed by atoms with van der Waals surface area (Å²) < 4.78 is 0. The highest BCUT2D eigenvalue weighted by atomic mass is 35.5. The van der Waals surface area contributed by atoms with Gasteiger partial charge in [-0.15, -0.1) is 0 Å². The first-order valence-corrected chi connectivity index (χ1v) is 7.09. The average molecular weight is 317 g/mol. The smallest absolute Gasteiger partial charge is 0.321 e. The molecule has 112 valence electrons. The summed E-state index contributed by atoms with van der Waals surface area (Å²) in [4.78, 5) is 29.5. The molecule has 3 amide bonds. The van der Waals surface area contributed by atoms with Gasteiger partial charge in [-0.25, -0.2) is 9.78 Å². The van der Waals surface area contributed by atoms with Crippen molar-refractivity contribution in [2.75, 3.05) is 23.3 Å². The SMILES string of the molecule is O=C(Nc1ccc(Cl)cn1)c1cccc(N2CCNC2=O)c1. The first-order valence-electron chi connectivity index (χ1n) is 6.72. The summed E-state index contributed by atoms with van der Waals surface area (Å²) in [5.74, 6) is 0.120. The molecule has 2 aromatic rings. The van der Waals surface area contributed by atoms with E-state index in [1.54, 1.807) is 41.3 Å². The predicted molar refractivity (Wildman–Crippen MR) is 84.4 cm³/mol. The van der Waals surface area contributed by atoms with Gasteiger partial charge in [-0.3, -0.25) is 9.69 Å². The molecule has 0 aliphatic carbocycles. The zero-order valence-electron chi connectivity index (χ0n) is 11.5. The van der Waals surface area contributed by atoms with Gasteiger partial charge in [0.25, 0.3) is 5.91 Å². The molecule has 1 fully saturated rings. The van der Waals surface area contributed by atoms with E-state index in [1.807, 2.05) is 0 Å². The van der Waals surface area contributed by atoms with Crippen molar-refractivity contribution in [2.45, 2.75) is 0 Å². The number of carbonyl (C=O) groups excluding carboxylic acids is 2. The number of hydrogen-bond acceptors (Lipinski definition) is 3. The van der Waals surface area contributed by atoms with Crippen molar-refractivity contribution in [2.24, 2.45) is 0 Å². The molecule has 6 nitrogen and oxygen atoms in total. The third-order valence-electron chi connectivity index (χ3n) is 3.25. The third-order valence-corrected chi connectivity index (χ3v) is 3.47. The zero-order valence-corrected chi connectivity index (χ0v) is 12.3. The molecule has 0 unspecified atom stereocenters. The molecule has 0 saturated carbocycles. The molecule has 2 heterocycles. The van der Waals surface area contributed by atoms with Gasteiger partial charge in [-0.1, -0.05) is 17.7 Å². The molecule has 1 saturated heterocycles. The van der Waals surface area contributed by atoms with Crippen molar-refractivity contribution in [1.82, 2.24) is 10.3 Å². The number of halogens is 1. The summed E-state index contributed by atoms with van der Waals surface area (Å²) in [6.07, 6.45) is 1.46. The minimum absolute atomic E-state index is 0.156. The molecule has 1 aliphatic rings. The number of nitrogens with one attached hydrogen (secondary N) is 2. The maximum atomic E-state index is 12.2. The number of urea groups is 1. The van der Waals surface area contributed by atoms with E-state index in [0.717, 1.165) is 0 Å². The number of amides is 3. The fraction of sp³-hybridized carbons (Fsp3) is 0.133. The van der Waals surface area contributed by atoms with E-state index in [0.29, 0.717) is 35.2 Å². The third kappa shape index (κ3) is 3.01. The molecule has 1 aliphatic heterocycles. The Morgan fingerprint density at radius 3 is 2.86 bits per heavy atom. The van der Waals surface area contributed by atoms with Crippen LogP contribution in [0.15, 0.2) is 42.6 Å². The molecular weight excluding hydrogens is 304 g/mol. The standard InChI is InChI=1S/C15H13ClN4O2/c16-11-4-5-13(18-9-11)19-14(21)10-2-1-3-12(8-10)20-7-6-17-15(20)22/h1-5,8-9H,6-7H2,(H,17,22)(H,18,19,21). The number of carbonyl (C=O) groups is 2. The van der Waals surface area contributed by atoms with E-state index in [-0.39, 0.29) is 11.9 Å². The van der Waals surface area contributed by atoms with Crippen LogP contribution in [0.2, 0.25) is 5.02 Å². The second-order valence-electron chi connectivity index (χ2n) is 4.75. The Labute approximate surface area is 132 Å². The highest BCUT2D eigenvalue weighted by molar-refractivity contribution is 6.30. The molecule has 1 aromatic heterocycles. The topological polar surface area (TPSA) is 74.3 Å². The monoisotopic (exact) mass is 316 g/mol. The lowest BCUT2D eigenvalue weighted by molar-refractivity contribution is 0.102. The van der Waals surface area contributed by atoms with E-state index >= 15 is 0 Å². The number of rotatable bonds is 3. The van der Waals surface area contributed by atoms with E-state index in [2.05, 4.69) is 15.6 Å². The largest absolute Gasteiger partial charge is 0.336 e. The van der Waals surface area contributed by atoms with Gasteiger partial charge >= 0.3 is 6.03 Å². The summed E-state index contributed by atoms with van der Waals surface area (Å²) in [6, 6.07) is 10.0. The minimum Gasteiger partial charge on any atom is -0.336 e. The van der Waals surface area contributed by atoms with E-state index in [9.17, 15) is 9.59 Å². The predicted octanol–water partition coefficient (Wildman–Crippen LogP) is 2.52. The van der Waals surface area contributed by atoms with Crippen LogP contribution in [0.4, 0.5) is 16.3 Å². The Hall–Kier alpha value is -2.60. The van der Waals surface area contributed by atoms with Crippen molar-refractivity contribution >= 4 is 35.0 Å². The summed E-state index contributed by atoms with van der Waals surface area (Å²) in [6.45, 7) is 1.19. The Bertz CT molecular complexity index is 718. The summed E-state index contributed by atoms with van der Waals surface area (Å²) >= 11 is 5.75. The van der Waals surface area contributed by atoms with Crippen LogP contribution in [-0.2, 0) is 0 Å². The first kappa shape index (κ1) is 14.3. The normalized spacial score (nSPS) is 13.9. The van der Waals surface area contributed by atoms with E-state index in [4.69, 9.17) is 11.6 Å². The van der Waals surface area contributed by atoms with Crippen molar-refractivity contribution in [3.63, 3.8) is 0 Å². The Morgan fingerprint density at radius 1 is 1.32 bits per heavy atom. The van der Waals surface area contributed by atoms with E-state index in [1.165, 1.54) is 6.20 Å². The van der Waals surface area contributed by atoms with Crippen molar-refractivity contribution in [1.29, 1.82) is 0 Å². The van der Waals surface area contributed by atoms with Gasteiger partial charge in [-0.2, -0.15) is 0 Å². The number of nitrogens with zero attached hydrogens (tertiary/aromatic N) is 2. The van der Waals surface area contributed by atoms with Crippen LogP contribution >= 0.6 is 11.6 Å². The van der Waals surface area contributed by atoms with Crippen LogP contribution in [0.5, 0.6) is 0 Å². The van der Waals surface area contributed by atoms with Crippen LogP contribution in [0.25, 0.3) is 0 Å². The minimum atomic E-state index is -0.295. The molecule has 0 atom stereocenters. The number of pyridine rings is 1. The number of anilines is 2. The van der Waals surface area contributed by atoms with Crippen LogP contribution in [0.3, 0.4) is 0 Å². The highest BCUT2D eigenvalue weighted by Gasteiger charge is 2.21. The second-order valence-corrected chi connectivity index (χ2v) is 5.19. The second kappa shape index (κ2) is 6.03. The van der Waals surface area contributed by atoms with Gasteiger partial charge in [0.05, 0.1) is 5.02 Å². The lowest BCUT2D eigenvalue weighted by Gasteiger charge is -2.15. The summed E-state index contributed by atoms with van der Waals surface area (Å²) in [5, 5.41) is 5.91. The summed E-state index contributed by atoms with van der Waals surface area (Å²) in [5.41, 5.74) is 1.14. The Morgan fingerprint density at radius 2 is 2.18 bits per heavy atom. The fourth-order valence-electron chi connectivity index (χ4n) is 2.17. The maximum Gasteiger partial charge on any atom is 0.321 e. The van der Waals surface area contributed by atoms with Gasteiger partial charge in [0.2, 0.25) is 0 Å². The van der Waals surface area contributed by atoms with E-state index < -0.39 is 0 Å². The lowest BCUT2D eigenvalue weighted by Crippen LogP contribution is -2.27. The first-order chi connectivity index (χ1) is 10.6. The number of hydrogen-bond donors (Lipinski definition) is 2. The van der Waals surface area contributed by atoms with Gasteiger partial charge in [0.15, 0.2) is 0 Å². The molecule has 0 spiro atoms. The molecule has 2 N–H and O–H groups in total. The molecule has 3 rings (SSSR count). The summed E-state index contributed by atoms with van der Waals surface area (Å²) in [7, 11) is 0. The van der Waals surface area contributed by atoms with Crippen molar-refractivity contribution in [3.05, 3.63) is 53.2 Å². The number of benzene rings is 1. The van der Waals surface area contributed by atoms with Crippen LogP contribution in [-0.4, -0.2) is 30.0 Å². The molecule has 0 bridgehead atoms. The van der Waals surface area contributed by atoms with Crippen molar-refractivity contribution < 1.29 is 9.59 Å². The van der Waals surface area contributed by atoms with Gasteiger partial charge in [0, 0.05) is 30.5 Å². The average Bonchev–Trinajstić information content (AvgIpc) is 2.96. The molecule has 1 aromatic carbocycles. The molecule has 7 heteroatoms. The highest BCUT2D eigenvalue weighted by Crippen LogP contribution is 2.19. The molecule has 22 heavy (non-hydrogen) atoms. The fourth-order valence-corrected chi connectivity index (χ4v) is 2.28. The van der Waals surface area contributed by atoms with Crippen LogP contribution < -0.4 is 15.5 Å². The lowest BCUT2D eigenvalue weighted by atomic mass is 10.1. The van der Waals surface area contributed by atoms with Crippen molar-refractivity contribution in [3.8, 4) is 0 Å². The van der Waals surface area contributed by atoms with Gasteiger partial charge in [0.1, 0.15) is 5.82 Å². The van der Waals surface area contributed by atoms with Gasteiger partial charge in [-0.05, 0) is 30.3 Å². The van der Waals surface area contributed by atoms with Crippen LogP contribution in [0.1, 0.15) is 10.4 Å². The number of aromatic nitrogens is 1.